The van der Waals surface area contributed by atoms with E-state index in [-0.39, 0.29) is 0 Å². The van der Waals surface area contributed by atoms with Crippen LogP contribution in [0.3, 0.4) is 0 Å². The summed E-state index contributed by atoms with van der Waals surface area (Å²) in [6, 6.07) is 60.0. The van der Waals surface area contributed by atoms with Gasteiger partial charge in [-0.05, 0) is 164 Å². The van der Waals surface area contributed by atoms with Crippen molar-refractivity contribution in [1.29, 1.82) is 0 Å². The first-order chi connectivity index (χ1) is 34.6. The summed E-state index contributed by atoms with van der Waals surface area (Å²) in [7, 11) is 0. The molecule has 1 aromatic heterocycles. The normalized spacial score (nSPS) is 17.3. The van der Waals surface area contributed by atoms with E-state index in [4.69, 9.17) is 6.42 Å². The molecule has 0 amide bonds. The highest BCUT2D eigenvalue weighted by Gasteiger charge is 2.55. The lowest BCUT2D eigenvalue weighted by molar-refractivity contribution is 0.804. The van der Waals surface area contributed by atoms with E-state index in [1.54, 1.807) is 0 Å². The zero-order valence-electron chi connectivity index (χ0n) is 39.3. The number of nitrogens with one attached hydrogen (secondary N) is 1. The molecule has 1 unspecified atom stereocenters. The van der Waals surface area contributed by atoms with Crippen molar-refractivity contribution in [2.75, 3.05) is 10.2 Å². The molecule has 3 heteroatoms. The predicted molar refractivity (Wildman–Crippen MR) is 301 cm³/mol. The highest BCUT2D eigenvalue weighted by Crippen LogP contribution is 2.67. The monoisotopic (exact) mass is 916 g/mol. The van der Waals surface area contributed by atoms with Gasteiger partial charge in [0.05, 0.1) is 5.41 Å². The second-order valence-corrected chi connectivity index (χ2v) is 18.9. The Kier molecular flexibility index (Phi) is 11.9. The lowest BCUT2D eigenvalue weighted by Gasteiger charge is -2.32. The van der Waals surface area contributed by atoms with Gasteiger partial charge in [-0.25, -0.2) is 0 Å². The van der Waals surface area contributed by atoms with Gasteiger partial charge in [-0.1, -0.05) is 158 Å². The van der Waals surface area contributed by atoms with Crippen molar-refractivity contribution in [1.82, 2.24) is 0 Å². The molecule has 2 nitrogen and oxygen atoms in total. The van der Waals surface area contributed by atoms with Crippen LogP contribution in [0, 0.1) is 12.3 Å². The Morgan fingerprint density at radius 2 is 1.47 bits per heavy atom. The quantitative estimate of drug-likeness (QED) is 0.0882. The van der Waals surface area contributed by atoms with Crippen molar-refractivity contribution in [3.8, 4) is 34.6 Å². The summed E-state index contributed by atoms with van der Waals surface area (Å²) in [5.41, 5.74) is 21.4. The third-order valence-corrected chi connectivity index (χ3v) is 15.3. The summed E-state index contributed by atoms with van der Waals surface area (Å²) in [5, 5.41) is 5.06. The molecule has 8 aromatic rings. The van der Waals surface area contributed by atoms with Crippen LogP contribution in [0.15, 0.2) is 249 Å². The maximum Gasteiger partial charge on any atom is 0.0740 e. The van der Waals surface area contributed by atoms with E-state index in [9.17, 15) is 0 Å². The maximum absolute atomic E-state index is 6.10. The lowest BCUT2D eigenvalue weighted by atomic mass is 9.69. The van der Waals surface area contributed by atoms with Gasteiger partial charge >= 0.3 is 0 Å². The van der Waals surface area contributed by atoms with Gasteiger partial charge in [0.2, 0.25) is 0 Å². The minimum Gasteiger partial charge on any atom is -0.361 e. The van der Waals surface area contributed by atoms with Crippen molar-refractivity contribution in [2.24, 2.45) is 0 Å². The van der Waals surface area contributed by atoms with Crippen LogP contribution in [0.5, 0.6) is 0 Å². The van der Waals surface area contributed by atoms with Gasteiger partial charge in [0.1, 0.15) is 0 Å². The lowest BCUT2D eigenvalue weighted by Crippen LogP contribution is -2.26. The standard InChI is InChI=1S/C65H48N2S.C2H4/c1-3-5-23-45(4-2)46-25-18-28-49(41-46)67(48-26-10-7-11-27-48)50-37-38-60-55(43-50)53-30-14-16-33-58(53)65(60)59(34-20-39-66-61-35-19-32-52-51-29-13-12-24-47(51)42-56(52)61)57(40-44-21-8-6-9-22-44)64-63(65)54-31-15-17-36-62(54)68-64;1-2/h2-3,5-8,10-21,23-41,43,66H,9,22,42H2,1H3;1-2H2/b5-3-,39-20+,45-23+,57-40+,59-34+;. The van der Waals surface area contributed by atoms with Crippen LogP contribution >= 0.6 is 11.3 Å². The molecular formula is C67H52N2S. The zero-order chi connectivity index (χ0) is 47.6. The van der Waals surface area contributed by atoms with Crippen LogP contribution < -0.4 is 10.2 Å². The number of allylic oxidation sites excluding steroid dienone is 13. The first-order valence-corrected chi connectivity index (χ1v) is 24.9. The van der Waals surface area contributed by atoms with Crippen LogP contribution in [0.4, 0.5) is 22.7 Å². The van der Waals surface area contributed by atoms with E-state index >= 15 is 0 Å². The third-order valence-electron chi connectivity index (χ3n) is 14.1. The summed E-state index contributed by atoms with van der Waals surface area (Å²) < 4.78 is 1.31. The van der Waals surface area contributed by atoms with Crippen molar-refractivity contribution in [3.05, 3.63) is 287 Å². The van der Waals surface area contributed by atoms with E-state index in [1.807, 2.05) is 36.5 Å². The van der Waals surface area contributed by atoms with Crippen molar-refractivity contribution in [3.63, 3.8) is 0 Å². The molecule has 1 heterocycles. The van der Waals surface area contributed by atoms with Gasteiger partial charge in [0, 0.05) is 50.5 Å². The molecule has 4 aliphatic rings. The number of thiophene rings is 1. The number of rotatable bonds is 9. The third kappa shape index (κ3) is 7.37. The summed E-state index contributed by atoms with van der Waals surface area (Å²) in [4.78, 5) is 3.71. The molecule has 4 aliphatic carbocycles. The number of benzene rings is 7. The second kappa shape index (κ2) is 18.9. The minimum atomic E-state index is -0.576. The first kappa shape index (κ1) is 44.1. The zero-order valence-corrected chi connectivity index (χ0v) is 40.1. The van der Waals surface area contributed by atoms with Crippen molar-refractivity contribution >= 4 is 55.3 Å². The number of hydrogen-bond acceptors (Lipinski definition) is 3. The number of hydrogen-bond donors (Lipinski definition) is 1. The van der Waals surface area contributed by atoms with Gasteiger partial charge < -0.3 is 10.2 Å². The average molecular weight is 917 g/mol. The Balaban J connectivity index is 0.00000263. The maximum atomic E-state index is 6.10. The largest absolute Gasteiger partial charge is 0.361 e. The number of anilines is 4. The van der Waals surface area contributed by atoms with Gasteiger partial charge in [0.15, 0.2) is 0 Å². The summed E-state index contributed by atoms with van der Waals surface area (Å²) >= 11 is 1.93. The highest BCUT2D eigenvalue weighted by atomic mass is 32.1. The molecule has 7 aromatic carbocycles. The van der Waals surface area contributed by atoms with E-state index < -0.39 is 5.41 Å². The smallest absolute Gasteiger partial charge is 0.0740 e. The second-order valence-electron chi connectivity index (χ2n) is 17.8. The molecule has 0 fully saturated rings. The van der Waals surface area contributed by atoms with Gasteiger partial charge in [0.25, 0.3) is 0 Å². The summed E-state index contributed by atoms with van der Waals surface area (Å²) in [6.45, 7) is 8.01. The Bertz CT molecular complexity index is 3620. The number of fused-ring (bicyclic) bond motifs is 12. The molecule has 0 aliphatic heterocycles. The molecule has 70 heavy (non-hydrogen) atoms. The number of terminal acetylenes is 1. The predicted octanol–water partition coefficient (Wildman–Crippen LogP) is 17.9. The van der Waals surface area contributed by atoms with Gasteiger partial charge in [-0.15, -0.1) is 30.9 Å². The highest BCUT2D eigenvalue weighted by molar-refractivity contribution is 7.20. The number of para-hydroxylation sites is 1. The Labute approximate surface area is 416 Å². The van der Waals surface area contributed by atoms with E-state index in [1.165, 1.54) is 81.8 Å². The summed E-state index contributed by atoms with van der Waals surface area (Å²) in [6.07, 6.45) is 31.2. The van der Waals surface area contributed by atoms with Gasteiger partial charge in [-0.2, -0.15) is 0 Å². The topological polar surface area (TPSA) is 15.3 Å². The molecule has 0 saturated carbocycles. The molecule has 1 N–H and O–H groups in total. The molecule has 0 bridgehead atoms. The molecule has 336 valence electrons. The molecule has 12 rings (SSSR count). The molecule has 1 atom stereocenters. The van der Waals surface area contributed by atoms with Crippen LogP contribution in [0.1, 0.15) is 58.0 Å². The first-order valence-electron chi connectivity index (χ1n) is 24.1. The average Bonchev–Trinajstić information content (AvgIpc) is 4.14. The van der Waals surface area contributed by atoms with Crippen LogP contribution in [0.2, 0.25) is 0 Å². The fourth-order valence-electron chi connectivity index (χ4n) is 11.2. The van der Waals surface area contributed by atoms with Crippen LogP contribution in [-0.2, 0) is 11.8 Å². The van der Waals surface area contributed by atoms with E-state index in [2.05, 4.69) is 236 Å². The van der Waals surface area contributed by atoms with Crippen LogP contribution in [0.25, 0.3) is 43.5 Å². The fourth-order valence-corrected chi connectivity index (χ4v) is 12.4. The Morgan fingerprint density at radius 1 is 0.729 bits per heavy atom. The summed E-state index contributed by atoms with van der Waals surface area (Å²) in [5.74, 6) is 2.93. The van der Waals surface area contributed by atoms with Crippen molar-refractivity contribution in [2.45, 2.75) is 31.6 Å². The molecular weight excluding hydrogens is 865 g/mol. The minimum absolute atomic E-state index is 0.576. The Hall–Kier alpha value is -8.42. The van der Waals surface area contributed by atoms with E-state index in [0.29, 0.717) is 0 Å². The molecule has 1 spiro atoms. The number of nitrogens with zero attached hydrogens (tertiary/aromatic N) is 1. The molecule has 0 saturated heterocycles. The van der Waals surface area contributed by atoms with E-state index in [0.717, 1.165) is 53.1 Å². The SMILES string of the molecule is C#C/C(=C\C=C/C)c1cccc(N(c2ccccc2)c2ccc3c(c2)-c2ccccc2C32C(=C/C=C/Nc3cccc4c3Cc3ccccc3-4)/C(=C\C3=CC=CCC3)c3sc4ccccc4c32)c1.C=C. The molecule has 0 radical (unpaired) electrons. The van der Waals surface area contributed by atoms with Crippen molar-refractivity contribution < 1.29 is 0 Å². The Morgan fingerprint density at radius 3 is 2.31 bits per heavy atom. The van der Waals surface area contributed by atoms with Gasteiger partial charge in [-0.3, -0.25) is 0 Å². The van der Waals surface area contributed by atoms with Crippen LogP contribution in [-0.4, -0.2) is 0 Å². The fraction of sp³-hybridized carbons (Fsp3) is 0.0746.